The molecule has 1 amide bonds. The first kappa shape index (κ1) is 17.4. The van der Waals surface area contributed by atoms with Crippen molar-refractivity contribution in [2.75, 3.05) is 40.0 Å². The number of likely N-dealkylation sites (tertiary alicyclic amines) is 1. The normalized spacial score (nSPS) is 18.1. The number of nitrogens with zero attached hydrogens (tertiary/aromatic N) is 3. The first-order chi connectivity index (χ1) is 11.1. The average molecular weight is 325 g/mol. The van der Waals surface area contributed by atoms with Crippen LogP contribution in [0.15, 0.2) is 12.3 Å². The summed E-state index contributed by atoms with van der Waals surface area (Å²) in [5.41, 5.74) is 0.837. The Balaban J connectivity index is 1.86. The molecule has 128 valence electrons. The Kier molecular flexibility index (Phi) is 6.54. The van der Waals surface area contributed by atoms with Crippen LogP contribution in [0.4, 0.5) is 0 Å². The van der Waals surface area contributed by atoms with E-state index in [9.17, 15) is 9.59 Å². The SMILES string of the molecule is COCCOCC(=O)N1CCC[C@H](c2ccn(CC(=O)O)n2)C1. The first-order valence-corrected chi connectivity index (χ1v) is 7.69. The second-order valence-electron chi connectivity index (χ2n) is 5.56. The first-order valence-electron chi connectivity index (χ1n) is 7.69. The van der Waals surface area contributed by atoms with Crippen molar-refractivity contribution >= 4 is 11.9 Å². The molecule has 0 bridgehead atoms. The molecule has 0 unspecified atom stereocenters. The molecule has 1 fully saturated rings. The van der Waals surface area contributed by atoms with E-state index in [4.69, 9.17) is 14.6 Å². The van der Waals surface area contributed by atoms with E-state index in [1.165, 1.54) is 4.68 Å². The van der Waals surface area contributed by atoms with Gasteiger partial charge < -0.3 is 19.5 Å². The van der Waals surface area contributed by atoms with Crippen LogP contribution >= 0.6 is 0 Å². The Morgan fingerprint density at radius 1 is 1.43 bits per heavy atom. The number of aliphatic carboxylic acids is 1. The van der Waals surface area contributed by atoms with Gasteiger partial charge in [0.15, 0.2) is 0 Å². The lowest BCUT2D eigenvalue weighted by atomic mass is 9.95. The summed E-state index contributed by atoms with van der Waals surface area (Å²) in [6, 6.07) is 1.83. The molecule has 1 aromatic heterocycles. The Hall–Kier alpha value is -1.93. The summed E-state index contributed by atoms with van der Waals surface area (Å²) in [5, 5.41) is 13.1. The molecular formula is C15H23N3O5. The Morgan fingerprint density at radius 2 is 2.26 bits per heavy atom. The molecule has 0 spiro atoms. The van der Waals surface area contributed by atoms with Crippen molar-refractivity contribution in [1.82, 2.24) is 14.7 Å². The number of rotatable bonds is 8. The number of amides is 1. The number of aromatic nitrogens is 2. The second-order valence-corrected chi connectivity index (χ2v) is 5.56. The van der Waals surface area contributed by atoms with Gasteiger partial charge in [0.2, 0.25) is 5.91 Å². The fraction of sp³-hybridized carbons (Fsp3) is 0.667. The van der Waals surface area contributed by atoms with Crippen LogP contribution in [0.1, 0.15) is 24.5 Å². The van der Waals surface area contributed by atoms with E-state index in [0.29, 0.717) is 19.8 Å². The zero-order valence-corrected chi connectivity index (χ0v) is 13.3. The average Bonchev–Trinajstić information content (AvgIpc) is 2.99. The zero-order valence-electron chi connectivity index (χ0n) is 13.3. The van der Waals surface area contributed by atoms with Crippen LogP contribution < -0.4 is 0 Å². The van der Waals surface area contributed by atoms with Crippen LogP contribution in [-0.2, 0) is 25.6 Å². The van der Waals surface area contributed by atoms with E-state index in [1.807, 2.05) is 6.07 Å². The molecule has 8 heteroatoms. The molecule has 8 nitrogen and oxygen atoms in total. The van der Waals surface area contributed by atoms with Crippen molar-refractivity contribution in [3.63, 3.8) is 0 Å². The summed E-state index contributed by atoms with van der Waals surface area (Å²) in [7, 11) is 1.59. The molecule has 23 heavy (non-hydrogen) atoms. The minimum absolute atomic E-state index is 0.0317. The lowest BCUT2D eigenvalue weighted by molar-refractivity contribution is -0.138. The number of piperidine rings is 1. The molecule has 0 radical (unpaired) electrons. The molecule has 2 rings (SSSR count). The molecule has 2 heterocycles. The van der Waals surface area contributed by atoms with E-state index < -0.39 is 5.97 Å². The lowest BCUT2D eigenvalue weighted by Crippen LogP contribution is -2.41. The third-order valence-electron chi connectivity index (χ3n) is 3.81. The van der Waals surface area contributed by atoms with Crippen molar-refractivity contribution in [2.24, 2.45) is 0 Å². The maximum Gasteiger partial charge on any atom is 0.325 e. The summed E-state index contributed by atoms with van der Waals surface area (Å²) in [4.78, 5) is 24.6. The summed E-state index contributed by atoms with van der Waals surface area (Å²) in [6.45, 7) is 2.09. The van der Waals surface area contributed by atoms with Crippen LogP contribution in [0.3, 0.4) is 0 Å². The zero-order chi connectivity index (χ0) is 16.7. The van der Waals surface area contributed by atoms with Crippen molar-refractivity contribution in [2.45, 2.75) is 25.3 Å². The van der Waals surface area contributed by atoms with Gasteiger partial charge in [-0.3, -0.25) is 14.3 Å². The summed E-state index contributed by atoms with van der Waals surface area (Å²) in [6.07, 6.45) is 3.51. The molecule has 1 saturated heterocycles. The van der Waals surface area contributed by atoms with Gasteiger partial charge in [0.05, 0.1) is 18.9 Å². The Bertz CT molecular complexity index is 531. The van der Waals surface area contributed by atoms with Gasteiger partial charge >= 0.3 is 5.97 Å². The molecule has 0 aliphatic carbocycles. The van der Waals surface area contributed by atoms with Crippen LogP contribution in [0.25, 0.3) is 0 Å². The standard InChI is InChI=1S/C15H23N3O5/c1-22-7-8-23-11-14(19)17-5-2-3-12(9-17)13-4-6-18(16-13)10-15(20)21/h4,6,12H,2-3,5,7-11H2,1H3,(H,20,21)/t12-/m0/s1. The van der Waals surface area contributed by atoms with E-state index in [1.54, 1.807) is 18.2 Å². The summed E-state index contributed by atoms with van der Waals surface area (Å²) < 4.78 is 11.6. The highest BCUT2D eigenvalue weighted by Crippen LogP contribution is 2.25. The van der Waals surface area contributed by atoms with Gasteiger partial charge in [-0.1, -0.05) is 0 Å². The molecular weight excluding hydrogens is 302 g/mol. The van der Waals surface area contributed by atoms with Crippen LogP contribution in [0.5, 0.6) is 0 Å². The Labute approximate surface area is 135 Å². The highest BCUT2D eigenvalue weighted by molar-refractivity contribution is 5.77. The predicted octanol–water partition coefficient (Wildman–Crippen LogP) is 0.337. The Morgan fingerprint density at radius 3 is 3.00 bits per heavy atom. The molecule has 1 N–H and O–H groups in total. The highest BCUT2D eigenvalue weighted by Gasteiger charge is 2.26. The largest absolute Gasteiger partial charge is 0.480 e. The number of carboxylic acid groups (broad SMARTS) is 1. The predicted molar refractivity (Wildman–Crippen MR) is 81.1 cm³/mol. The number of methoxy groups -OCH3 is 1. The fourth-order valence-electron chi connectivity index (χ4n) is 2.66. The number of carbonyl (C=O) groups excluding carboxylic acids is 1. The van der Waals surface area contributed by atoms with Gasteiger partial charge in [0.1, 0.15) is 13.2 Å². The number of carboxylic acids is 1. The van der Waals surface area contributed by atoms with Crippen molar-refractivity contribution in [1.29, 1.82) is 0 Å². The van der Waals surface area contributed by atoms with E-state index >= 15 is 0 Å². The number of carbonyl (C=O) groups is 2. The van der Waals surface area contributed by atoms with Crippen molar-refractivity contribution in [3.05, 3.63) is 18.0 Å². The third-order valence-corrected chi connectivity index (χ3v) is 3.81. The minimum atomic E-state index is -0.923. The van der Waals surface area contributed by atoms with Gasteiger partial charge in [-0.15, -0.1) is 0 Å². The maximum atomic E-state index is 12.1. The quantitative estimate of drug-likeness (QED) is 0.693. The van der Waals surface area contributed by atoms with E-state index in [0.717, 1.165) is 25.1 Å². The van der Waals surface area contributed by atoms with Gasteiger partial charge in [-0.25, -0.2) is 0 Å². The third kappa shape index (κ3) is 5.33. The smallest absolute Gasteiger partial charge is 0.325 e. The topological polar surface area (TPSA) is 93.9 Å². The van der Waals surface area contributed by atoms with Gasteiger partial charge in [0.25, 0.3) is 0 Å². The maximum absolute atomic E-state index is 12.1. The summed E-state index contributed by atoms with van der Waals surface area (Å²) in [5.74, 6) is -0.814. The molecule has 0 saturated carbocycles. The molecule has 0 aromatic carbocycles. The highest BCUT2D eigenvalue weighted by atomic mass is 16.5. The van der Waals surface area contributed by atoms with Gasteiger partial charge in [0, 0.05) is 32.3 Å². The van der Waals surface area contributed by atoms with Gasteiger partial charge in [-0.05, 0) is 18.9 Å². The van der Waals surface area contributed by atoms with Crippen molar-refractivity contribution < 1.29 is 24.2 Å². The molecule has 1 atom stereocenters. The van der Waals surface area contributed by atoms with Gasteiger partial charge in [-0.2, -0.15) is 5.10 Å². The number of ether oxygens (including phenoxy) is 2. The number of hydrogen-bond donors (Lipinski definition) is 1. The monoisotopic (exact) mass is 325 g/mol. The van der Waals surface area contributed by atoms with Crippen LogP contribution in [0, 0.1) is 0 Å². The molecule has 1 aromatic rings. The van der Waals surface area contributed by atoms with Crippen LogP contribution in [0.2, 0.25) is 0 Å². The second kappa shape index (κ2) is 8.64. The van der Waals surface area contributed by atoms with E-state index in [2.05, 4.69) is 5.10 Å². The van der Waals surface area contributed by atoms with E-state index in [-0.39, 0.29) is 25.0 Å². The van der Waals surface area contributed by atoms with Crippen molar-refractivity contribution in [3.8, 4) is 0 Å². The molecule has 1 aliphatic rings. The molecule has 1 aliphatic heterocycles. The minimum Gasteiger partial charge on any atom is -0.480 e. The summed E-state index contributed by atoms with van der Waals surface area (Å²) >= 11 is 0. The van der Waals surface area contributed by atoms with Crippen LogP contribution in [-0.4, -0.2) is 71.7 Å². The lowest BCUT2D eigenvalue weighted by Gasteiger charge is -2.32. The fourth-order valence-corrected chi connectivity index (χ4v) is 2.66. The number of hydrogen-bond acceptors (Lipinski definition) is 5.